The number of quaternary nitrogens is 1. The molecule has 2 nitrogen and oxygen atoms in total. The third-order valence-corrected chi connectivity index (χ3v) is 1.77. The zero-order chi connectivity index (χ0) is 8.81. The standard InChI is InChI=1S/C10H15NO/c1-9(7-11)8-12-10-5-3-2-4-6-10/h2-6,9H,7-8,11H2,1H3/p+1. The maximum atomic E-state index is 5.52. The first-order valence-corrected chi connectivity index (χ1v) is 4.30. The molecule has 0 radical (unpaired) electrons. The van der Waals surface area contributed by atoms with Crippen molar-refractivity contribution in [2.75, 3.05) is 13.2 Å². The zero-order valence-corrected chi connectivity index (χ0v) is 7.49. The van der Waals surface area contributed by atoms with E-state index in [0.717, 1.165) is 18.9 Å². The fourth-order valence-electron chi connectivity index (χ4n) is 0.839. The predicted molar refractivity (Wildman–Crippen MR) is 48.9 cm³/mol. The van der Waals surface area contributed by atoms with E-state index in [9.17, 15) is 0 Å². The lowest BCUT2D eigenvalue weighted by molar-refractivity contribution is -0.378. The number of ether oxygens (including phenoxy) is 1. The van der Waals surface area contributed by atoms with Gasteiger partial charge in [-0.25, -0.2) is 0 Å². The van der Waals surface area contributed by atoms with Gasteiger partial charge in [0, 0.05) is 5.92 Å². The van der Waals surface area contributed by atoms with Gasteiger partial charge in [0.05, 0.1) is 13.2 Å². The molecule has 0 bridgehead atoms. The van der Waals surface area contributed by atoms with Crippen LogP contribution < -0.4 is 10.5 Å². The Morgan fingerprint density at radius 1 is 1.33 bits per heavy atom. The van der Waals surface area contributed by atoms with Crippen LogP contribution in [0.3, 0.4) is 0 Å². The van der Waals surface area contributed by atoms with Crippen molar-refractivity contribution in [3.8, 4) is 5.75 Å². The van der Waals surface area contributed by atoms with Crippen molar-refractivity contribution >= 4 is 0 Å². The Morgan fingerprint density at radius 3 is 2.58 bits per heavy atom. The second-order valence-corrected chi connectivity index (χ2v) is 3.02. The highest BCUT2D eigenvalue weighted by Gasteiger charge is 2.01. The van der Waals surface area contributed by atoms with Crippen LogP contribution in [0.1, 0.15) is 6.92 Å². The molecule has 0 fully saturated rings. The average molecular weight is 166 g/mol. The Kier molecular flexibility index (Phi) is 3.61. The van der Waals surface area contributed by atoms with Crippen molar-refractivity contribution in [2.24, 2.45) is 5.92 Å². The molecule has 0 heterocycles. The van der Waals surface area contributed by atoms with Crippen LogP contribution in [0.2, 0.25) is 0 Å². The molecule has 0 aliphatic rings. The molecule has 1 unspecified atom stereocenters. The summed E-state index contributed by atoms with van der Waals surface area (Å²) in [5, 5.41) is 0. The molecule has 0 saturated heterocycles. The van der Waals surface area contributed by atoms with E-state index in [2.05, 4.69) is 12.7 Å². The Labute approximate surface area is 73.3 Å². The molecule has 66 valence electrons. The van der Waals surface area contributed by atoms with Crippen molar-refractivity contribution in [3.63, 3.8) is 0 Å². The molecule has 1 rings (SSSR count). The summed E-state index contributed by atoms with van der Waals surface area (Å²) in [5.74, 6) is 1.48. The van der Waals surface area contributed by atoms with Crippen LogP contribution in [0.15, 0.2) is 30.3 Å². The summed E-state index contributed by atoms with van der Waals surface area (Å²) < 4.78 is 5.52. The van der Waals surface area contributed by atoms with Crippen LogP contribution in [-0.4, -0.2) is 13.2 Å². The molecule has 1 aromatic carbocycles. The van der Waals surface area contributed by atoms with Gasteiger partial charge in [0.2, 0.25) is 0 Å². The Bertz CT molecular complexity index is 210. The van der Waals surface area contributed by atoms with Gasteiger partial charge < -0.3 is 10.5 Å². The average Bonchev–Trinajstić information content (AvgIpc) is 2.16. The molecule has 0 aromatic heterocycles. The fraction of sp³-hybridized carbons (Fsp3) is 0.400. The van der Waals surface area contributed by atoms with E-state index in [4.69, 9.17) is 4.74 Å². The lowest BCUT2D eigenvalue weighted by atomic mass is 10.2. The summed E-state index contributed by atoms with van der Waals surface area (Å²) in [6.45, 7) is 3.82. The summed E-state index contributed by atoms with van der Waals surface area (Å²) in [6.07, 6.45) is 0. The molecule has 0 spiro atoms. The summed E-state index contributed by atoms with van der Waals surface area (Å²) in [7, 11) is 0. The molecule has 0 aliphatic heterocycles. The first kappa shape index (κ1) is 9.07. The second-order valence-electron chi connectivity index (χ2n) is 3.02. The second kappa shape index (κ2) is 4.78. The Balaban J connectivity index is 2.33. The van der Waals surface area contributed by atoms with E-state index < -0.39 is 0 Å². The van der Waals surface area contributed by atoms with Crippen molar-refractivity contribution in [1.29, 1.82) is 0 Å². The minimum Gasteiger partial charge on any atom is -0.493 e. The molecule has 0 saturated carbocycles. The van der Waals surface area contributed by atoms with E-state index in [1.165, 1.54) is 0 Å². The van der Waals surface area contributed by atoms with Gasteiger partial charge in [0.1, 0.15) is 5.75 Å². The van der Waals surface area contributed by atoms with Crippen LogP contribution >= 0.6 is 0 Å². The van der Waals surface area contributed by atoms with E-state index >= 15 is 0 Å². The van der Waals surface area contributed by atoms with Crippen LogP contribution in [-0.2, 0) is 0 Å². The fourth-order valence-corrected chi connectivity index (χ4v) is 0.839. The van der Waals surface area contributed by atoms with Gasteiger partial charge in [-0.05, 0) is 12.1 Å². The third-order valence-electron chi connectivity index (χ3n) is 1.77. The van der Waals surface area contributed by atoms with Crippen LogP contribution in [0.4, 0.5) is 0 Å². The maximum Gasteiger partial charge on any atom is 0.119 e. The number of rotatable bonds is 4. The Morgan fingerprint density at radius 2 is 2.00 bits per heavy atom. The van der Waals surface area contributed by atoms with Gasteiger partial charge in [-0.3, -0.25) is 0 Å². The van der Waals surface area contributed by atoms with Crippen molar-refractivity contribution in [1.82, 2.24) is 0 Å². The highest BCUT2D eigenvalue weighted by atomic mass is 16.5. The van der Waals surface area contributed by atoms with Crippen molar-refractivity contribution < 1.29 is 10.5 Å². The largest absolute Gasteiger partial charge is 0.493 e. The van der Waals surface area contributed by atoms with Crippen LogP contribution in [0, 0.1) is 5.92 Å². The molecule has 12 heavy (non-hydrogen) atoms. The summed E-state index contributed by atoms with van der Waals surface area (Å²) in [4.78, 5) is 0. The maximum absolute atomic E-state index is 5.52. The summed E-state index contributed by atoms with van der Waals surface area (Å²) >= 11 is 0. The zero-order valence-electron chi connectivity index (χ0n) is 7.49. The molecule has 2 heteroatoms. The number of para-hydroxylation sites is 1. The monoisotopic (exact) mass is 166 g/mol. The molecular formula is C10H16NO+. The van der Waals surface area contributed by atoms with Gasteiger partial charge in [0.15, 0.2) is 0 Å². The first-order chi connectivity index (χ1) is 5.83. The van der Waals surface area contributed by atoms with Gasteiger partial charge in [0.25, 0.3) is 0 Å². The highest BCUT2D eigenvalue weighted by Crippen LogP contribution is 2.09. The van der Waals surface area contributed by atoms with Gasteiger partial charge >= 0.3 is 0 Å². The quantitative estimate of drug-likeness (QED) is 0.710. The van der Waals surface area contributed by atoms with E-state index in [1.54, 1.807) is 0 Å². The Hall–Kier alpha value is -1.02. The minimum absolute atomic E-state index is 0.533. The van der Waals surface area contributed by atoms with E-state index in [0.29, 0.717) is 5.92 Å². The molecule has 1 aromatic rings. The minimum atomic E-state index is 0.533. The lowest BCUT2D eigenvalue weighted by Crippen LogP contribution is -2.54. The number of benzene rings is 1. The van der Waals surface area contributed by atoms with Crippen molar-refractivity contribution in [3.05, 3.63) is 30.3 Å². The topological polar surface area (TPSA) is 36.9 Å². The highest BCUT2D eigenvalue weighted by molar-refractivity contribution is 5.20. The summed E-state index contributed by atoms with van der Waals surface area (Å²) in [5.41, 5.74) is 3.82. The van der Waals surface area contributed by atoms with Gasteiger partial charge in [-0.1, -0.05) is 25.1 Å². The predicted octanol–water partition coefficient (Wildman–Crippen LogP) is 0.943. The molecule has 0 amide bonds. The molecule has 3 N–H and O–H groups in total. The van der Waals surface area contributed by atoms with Gasteiger partial charge in [-0.15, -0.1) is 0 Å². The lowest BCUT2D eigenvalue weighted by Gasteiger charge is -2.08. The third kappa shape index (κ3) is 2.93. The van der Waals surface area contributed by atoms with Crippen LogP contribution in [0.5, 0.6) is 5.75 Å². The van der Waals surface area contributed by atoms with E-state index in [1.807, 2.05) is 30.3 Å². The molecule has 0 aliphatic carbocycles. The number of hydrogen-bond donors (Lipinski definition) is 1. The van der Waals surface area contributed by atoms with Crippen molar-refractivity contribution in [2.45, 2.75) is 6.92 Å². The number of hydrogen-bond acceptors (Lipinski definition) is 1. The molecular weight excluding hydrogens is 150 g/mol. The SMILES string of the molecule is CC(C[NH3+])COc1ccccc1. The van der Waals surface area contributed by atoms with Gasteiger partial charge in [-0.2, -0.15) is 0 Å². The van der Waals surface area contributed by atoms with E-state index in [-0.39, 0.29) is 0 Å². The van der Waals surface area contributed by atoms with Crippen LogP contribution in [0.25, 0.3) is 0 Å². The molecule has 1 atom stereocenters. The normalized spacial score (nSPS) is 12.5. The summed E-state index contributed by atoms with van der Waals surface area (Å²) in [6, 6.07) is 9.87. The first-order valence-electron chi connectivity index (χ1n) is 4.30. The smallest absolute Gasteiger partial charge is 0.119 e.